The number of halogens is 7. The van der Waals surface area contributed by atoms with Gasteiger partial charge in [0, 0.05) is 61.5 Å². The molecule has 0 atom stereocenters. The van der Waals surface area contributed by atoms with Crippen molar-refractivity contribution in [3.8, 4) is 0 Å². The first-order valence-electron chi connectivity index (χ1n) is 9.45. The van der Waals surface area contributed by atoms with Gasteiger partial charge < -0.3 is 0 Å². The van der Waals surface area contributed by atoms with Crippen LogP contribution in [0.25, 0.3) is 0 Å². The molecule has 0 amide bonds. The normalized spacial score (nSPS) is 12.6. The number of pyridine rings is 3. The molecule has 0 spiro atoms. The van der Waals surface area contributed by atoms with Crippen molar-refractivity contribution < 1.29 is 46.7 Å². The Bertz CT molecular complexity index is 881. The molecule has 0 unspecified atom stereocenters. The van der Waals surface area contributed by atoms with Crippen LogP contribution in [0.5, 0.6) is 0 Å². The molecule has 198 valence electrons. The van der Waals surface area contributed by atoms with Gasteiger partial charge in [-0.1, -0.05) is 18.2 Å². The van der Waals surface area contributed by atoms with E-state index in [9.17, 15) is 29.4 Å². The largest absolute Gasteiger partial charge is 0.286 e. The average Bonchev–Trinajstić information content (AvgIpc) is 2.75. The van der Waals surface area contributed by atoms with Crippen LogP contribution >= 0.6 is 17.5 Å². The zero-order valence-electron chi connectivity index (χ0n) is 18.6. The van der Waals surface area contributed by atoms with E-state index in [1.165, 1.54) is 0 Å². The first kappa shape index (κ1) is 33.5. The van der Waals surface area contributed by atoms with Crippen molar-refractivity contribution in [3.63, 3.8) is 0 Å². The third-order valence-electron chi connectivity index (χ3n) is 3.34. The van der Waals surface area contributed by atoms with Crippen molar-refractivity contribution >= 4 is 28.3 Å². The molecule has 35 heavy (non-hydrogen) atoms. The minimum atomic E-state index is -10.7. The van der Waals surface area contributed by atoms with E-state index in [-0.39, 0.29) is 0 Å². The van der Waals surface area contributed by atoms with Crippen LogP contribution in [0.2, 0.25) is 0 Å². The maximum Gasteiger partial charge on any atom is 0.0544 e. The van der Waals surface area contributed by atoms with Crippen molar-refractivity contribution in [3.05, 3.63) is 90.3 Å². The Labute approximate surface area is 216 Å². The van der Waals surface area contributed by atoms with E-state index in [2.05, 4.69) is 29.5 Å². The molecule has 0 saturated carbocycles. The first-order chi connectivity index (χ1) is 16.1. The fraction of sp³-hybridized carbons (Fsp3) is 0.250. The Kier molecular flexibility index (Phi) is 14.3. The van der Waals surface area contributed by atoms with Gasteiger partial charge in [0.05, 0.1) is 17.1 Å². The van der Waals surface area contributed by atoms with E-state index in [0.717, 1.165) is 36.7 Å². The van der Waals surface area contributed by atoms with Crippen LogP contribution in [0.1, 0.15) is 17.1 Å². The summed E-state index contributed by atoms with van der Waals surface area (Å²) in [5.74, 6) is 0. The predicted octanol–water partition coefficient (Wildman–Crippen LogP) is 7.14. The van der Waals surface area contributed by atoms with Gasteiger partial charge in [0.1, 0.15) is 0 Å². The summed E-state index contributed by atoms with van der Waals surface area (Å²) in [6.07, 6.45) is 8.76. The third-order valence-corrected chi connectivity index (χ3v) is 3.34. The fourth-order valence-electron chi connectivity index (χ4n) is 2.33. The Hall–Kier alpha value is -1.52. The van der Waals surface area contributed by atoms with Gasteiger partial charge in [0.25, 0.3) is 0 Å². The number of hydrogen-bond acceptors (Lipinski definition) is 5. The molecule has 0 aliphatic heterocycles. The second kappa shape index (κ2) is 14.9. The molecule has 3 aromatic rings. The van der Waals surface area contributed by atoms with Gasteiger partial charge in [-0.2, -0.15) is 0 Å². The van der Waals surface area contributed by atoms with Gasteiger partial charge in [-0.05, 0) is 36.4 Å². The molecule has 0 aliphatic carbocycles. The summed E-state index contributed by atoms with van der Waals surface area (Å²) in [6.45, 7) is 2.32. The van der Waals surface area contributed by atoms with Crippen LogP contribution in [0, 0.1) is 0 Å². The van der Waals surface area contributed by atoms with Gasteiger partial charge >= 0.3 is 60.0 Å². The summed E-state index contributed by atoms with van der Waals surface area (Å²) in [7, 11) is -6.70. The molecule has 0 saturated heterocycles. The predicted molar refractivity (Wildman–Crippen MR) is 125 cm³/mol. The molecule has 0 bridgehead atoms. The Morgan fingerprint density at radius 2 is 0.943 bits per heavy atom. The molecule has 0 aliphatic rings. The average molecular weight is 650 g/mol. The van der Waals surface area contributed by atoms with Gasteiger partial charge in [-0.15, -0.1) is 0 Å². The minimum Gasteiger partial charge on any atom is -0.286 e. The third kappa shape index (κ3) is 25.4. The molecule has 0 N–H and O–H groups in total. The molecule has 3 heterocycles. The van der Waals surface area contributed by atoms with Crippen LogP contribution in [-0.4, -0.2) is 36.6 Å². The summed E-state index contributed by atoms with van der Waals surface area (Å²) in [6, 6.07) is 18.0. The quantitative estimate of drug-likeness (QED) is 0.162. The van der Waals surface area contributed by atoms with Crippen LogP contribution in [-0.2, 0) is 47.7 Å². The second-order valence-electron chi connectivity index (χ2n) is 6.81. The van der Waals surface area contributed by atoms with Gasteiger partial charge in [0.2, 0.25) is 0 Å². The number of aromatic nitrogens is 3. The first-order valence-corrected chi connectivity index (χ1v) is 15.7. The van der Waals surface area contributed by atoms with Crippen molar-refractivity contribution in [1.82, 2.24) is 19.9 Å². The summed E-state index contributed by atoms with van der Waals surface area (Å²) in [4.78, 5) is 15.6. The van der Waals surface area contributed by atoms with Crippen LogP contribution in [0.15, 0.2) is 73.2 Å². The van der Waals surface area contributed by atoms with E-state index in [1.54, 1.807) is 12.5 Å². The molecular weight excluding hydrogens is 626 g/mol. The van der Waals surface area contributed by atoms with Crippen molar-refractivity contribution in [2.45, 2.75) is 19.6 Å². The zero-order chi connectivity index (χ0) is 27.0. The van der Waals surface area contributed by atoms with Crippen molar-refractivity contribution in [2.24, 2.45) is 0 Å². The maximum atomic E-state index is 9.87. The Morgan fingerprint density at radius 1 is 0.714 bits per heavy atom. The number of nitrogens with zero attached hydrogens (tertiary/aromatic N) is 4. The van der Waals surface area contributed by atoms with Crippen molar-refractivity contribution in [1.29, 1.82) is 0 Å². The molecule has 0 radical (unpaired) electrons. The molecule has 3 rings (SSSR count). The topological polar surface area (TPSA) is 59.0 Å². The molecule has 0 aromatic carbocycles. The molecule has 5 nitrogen and oxygen atoms in total. The zero-order valence-corrected chi connectivity index (χ0v) is 22.8. The minimum absolute atomic E-state index is 0.611. The van der Waals surface area contributed by atoms with Gasteiger partial charge in [-0.25, -0.2) is 0 Å². The molecule has 15 heteroatoms. The van der Waals surface area contributed by atoms with Crippen LogP contribution in [0.4, 0.5) is 25.2 Å². The summed E-state index contributed by atoms with van der Waals surface area (Å²) in [5, 5.41) is 0. The van der Waals surface area contributed by atoms with E-state index in [4.69, 9.17) is 0 Å². The smallest absolute Gasteiger partial charge is 0.0544 e. The maximum absolute atomic E-state index is 10.7. The standard InChI is InChI=1S/C18H18N4.C2H6OS.ClH.F6P.Ru/c1-4-10-19-16(7-1)13-22(14-17-8-2-5-11-20-17)15-18-9-3-6-12-21-18;1-4(2)3;;1-7(2,3,4,5)6;/h1-12H,13-15H2;1-2H3;1H;;/q;;;-1;+2/p-1. The van der Waals surface area contributed by atoms with Gasteiger partial charge in [-0.3, -0.25) is 24.1 Å². The van der Waals surface area contributed by atoms with E-state index < -0.39 is 18.6 Å². The van der Waals surface area contributed by atoms with Crippen molar-refractivity contribution in [2.75, 3.05) is 12.5 Å². The fourth-order valence-corrected chi connectivity index (χ4v) is 2.33. The molecular formula is C20H24ClF6N4OPRuS. The second-order valence-corrected chi connectivity index (χ2v) is 10.2. The monoisotopic (exact) mass is 650 g/mol. The van der Waals surface area contributed by atoms with Crippen LogP contribution < -0.4 is 0 Å². The summed E-state index contributed by atoms with van der Waals surface area (Å²) < 4.78 is 68.8. The molecule has 0 fully saturated rings. The number of rotatable bonds is 6. The molecule has 3 aromatic heterocycles. The number of hydrogen-bond donors (Lipinski definition) is 0. The van der Waals surface area contributed by atoms with E-state index >= 15 is 0 Å². The van der Waals surface area contributed by atoms with E-state index in [1.807, 2.05) is 90.5 Å². The van der Waals surface area contributed by atoms with Crippen LogP contribution in [0.3, 0.4) is 0 Å². The SMILES string of the molecule is CS(C)=O.F[P-](F)(F)(F)(F)F.[Cl][Ru+].c1ccc(CN(Cc2ccccn2)Cc2ccccn2)nc1. The van der Waals surface area contributed by atoms with E-state index in [0.29, 0.717) is 0 Å². The summed E-state index contributed by atoms with van der Waals surface area (Å²) in [5.41, 5.74) is 3.15. The Morgan fingerprint density at radius 3 is 1.11 bits per heavy atom. The van der Waals surface area contributed by atoms with Gasteiger partial charge in [0.15, 0.2) is 0 Å². The summed E-state index contributed by atoms with van der Waals surface area (Å²) >= 11 is 1.82. The Balaban J connectivity index is 0.000000744.